The largest absolute Gasteiger partial charge is 0.384 e. The first-order valence-electron chi connectivity index (χ1n) is 5.93. The minimum absolute atomic E-state index is 0.0751. The van der Waals surface area contributed by atoms with E-state index in [1.54, 1.807) is 0 Å². The predicted octanol–water partition coefficient (Wildman–Crippen LogP) is 2.89. The van der Waals surface area contributed by atoms with Crippen LogP contribution < -0.4 is 16.4 Å². The van der Waals surface area contributed by atoms with Crippen LogP contribution in [-0.2, 0) is 0 Å². The monoisotopic (exact) mass is 290 g/mol. The number of amidine groups is 1. The van der Waals surface area contributed by atoms with Crippen LogP contribution in [0.25, 0.3) is 0 Å². The van der Waals surface area contributed by atoms with E-state index in [1.165, 1.54) is 30.3 Å². The van der Waals surface area contributed by atoms with Crippen molar-refractivity contribution in [2.75, 3.05) is 10.6 Å². The van der Waals surface area contributed by atoms with Gasteiger partial charge in [0.1, 0.15) is 17.5 Å². The zero-order chi connectivity index (χ0) is 15.4. The second-order valence-corrected chi connectivity index (χ2v) is 4.20. The van der Waals surface area contributed by atoms with Crippen LogP contribution in [0.3, 0.4) is 0 Å². The molecule has 0 aliphatic heterocycles. The molecule has 5 nitrogen and oxygen atoms in total. The quantitative estimate of drug-likeness (QED) is 0.517. The fraction of sp³-hybridized carbons (Fsp3) is 0. The van der Waals surface area contributed by atoms with Crippen molar-refractivity contribution in [1.82, 2.24) is 0 Å². The molecule has 2 rings (SSSR count). The van der Waals surface area contributed by atoms with Gasteiger partial charge in [0.15, 0.2) is 0 Å². The van der Waals surface area contributed by atoms with Crippen LogP contribution in [0, 0.1) is 17.0 Å². The summed E-state index contributed by atoms with van der Waals surface area (Å²) in [5.41, 5.74) is 5.61. The number of carbonyl (C=O) groups excluding carboxylic acids is 1. The van der Waals surface area contributed by atoms with Crippen molar-refractivity contribution in [3.8, 4) is 0 Å². The Morgan fingerprint density at radius 3 is 2.48 bits per heavy atom. The van der Waals surface area contributed by atoms with Crippen molar-refractivity contribution in [2.45, 2.75) is 0 Å². The van der Waals surface area contributed by atoms with Gasteiger partial charge in [-0.25, -0.2) is 13.6 Å². The van der Waals surface area contributed by atoms with Crippen molar-refractivity contribution >= 4 is 23.2 Å². The maximum Gasteiger partial charge on any atom is 0.323 e. The maximum atomic E-state index is 13.7. The van der Waals surface area contributed by atoms with E-state index >= 15 is 0 Å². The van der Waals surface area contributed by atoms with Gasteiger partial charge in [0.05, 0.1) is 5.69 Å². The number of anilines is 2. The molecule has 0 aromatic heterocycles. The molecule has 0 radical (unpaired) electrons. The van der Waals surface area contributed by atoms with E-state index in [9.17, 15) is 13.6 Å². The Morgan fingerprint density at radius 1 is 1.10 bits per heavy atom. The van der Waals surface area contributed by atoms with Crippen molar-refractivity contribution in [3.63, 3.8) is 0 Å². The van der Waals surface area contributed by atoms with E-state index in [-0.39, 0.29) is 22.8 Å². The molecule has 0 atom stereocenters. The Balaban J connectivity index is 2.08. The van der Waals surface area contributed by atoms with E-state index in [2.05, 4.69) is 10.6 Å². The first kappa shape index (κ1) is 14.4. The summed E-state index contributed by atoms with van der Waals surface area (Å²) in [4.78, 5) is 11.7. The molecule has 0 spiro atoms. The SMILES string of the molecule is N=C(N)c1ccc(NC(=O)Nc2cccc(F)c2)c(F)c1. The highest BCUT2D eigenvalue weighted by Crippen LogP contribution is 2.16. The van der Waals surface area contributed by atoms with Gasteiger partial charge in [-0.2, -0.15) is 0 Å². The van der Waals surface area contributed by atoms with Gasteiger partial charge in [-0.05, 0) is 36.4 Å². The molecule has 0 fully saturated rings. The van der Waals surface area contributed by atoms with Crippen molar-refractivity contribution in [1.29, 1.82) is 5.41 Å². The Morgan fingerprint density at radius 2 is 1.86 bits per heavy atom. The maximum absolute atomic E-state index is 13.7. The van der Waals surface area contributed by atoms with Crippen molar-refractivity contribution in [2.24, 2.45) is 5.73 Å². The number of benzene rings is 2. The normalized spacial score (nSPS) is 10.0. The summed E-state index contributed by atoms with van der Waals surface area (Å²) < 4.78 is 26.7. The summed E-state index contributed by atoms with van der Waals surface area (Å²) in [6.07, 6.45) is 0. The molecular formula is C14H12F2N4O. The highest BCUT2D eigenvalue weighted by atomic mass is 19.1. The van der Waals surface area contributed by atoms with Crippen LogP contribution in [0.4, 0.5) is 25.0 Å². The zero-order valence-electron chi connectivity index (χ0n) is 10.8. The van der Waals surface area contributed by atoms with Gasteiger partial charge in [0, 0.05) is 11.3 Å². The molecule has 7 heteroatoms. The number of hydrogen-bond acceptors (Lipinski definition) is 2. The fourth-order valence-electron chi connectivity index (χ4n) is 1.63. The lowest BCUT2D eigenvalue weighted by molar-refractivity contribution is 0.262. The summed E-state index contributed by atoms with van der Waals surface area (Å²) in [6.45, 7) is 0. The Labute approximate surface area is 119 Å². The van der Waals surface area contributed by atoms with Gasteiger partial charge in [-0.15, -0.1) is 0 Å². The van der Waals surface area contributed by atoms with Gasteiger partial charge in [-0.1, -0.05) is 6.07 Å². The van der Waals surface area contributed by atoms with Gasteiger partial charge in [-0.3, -0.25) is 5.41 Å². The topological polar surface area (TPSA) is 91.0 Å². The highest BCUT2D eigenvalue weighted by Gasteiger charge is 2.09. The van der Waals surface area contributed by atoms with Crippen LogP contribution >= 0.6 is 0 Å². The number of carbonyl (C=O) groups is 1. The lowest BCUT2D eigenvalue weighted by Crippen LogP contribution is -2.20. The van der Waals surface area contributed by atoms with Gasteiger partial charge >= 0.3 is 6.03 Å². The minimum Gasteiger partial charge on any atom is -0.384 e. The summed E-state index contributed by atoms with van der Waals surface area (Å²) in [5.74, 6) is -1.49. The van der Waals surface area contributed by atoms with E-state index in [1.807, 2.05) is 0 Å². The molecule has 0 saturated heterocycles. The molecule has 0 bridgehead atoms. The number of nitrogens with two attached hydrogens (primary N) is 1. The van der Waals surface area contributed by atoms with Crippen LogP contribution in [0.2, 0.25) is 0 Å². The molecule has 21 heavy (non-hydrogen) atoms. The standard InChI is InChI=1S/C14H12F2N4O/c15-9-2-1-3-10(7-9)19-14(21)20-12-5-4-8(13(17)18)6-11(12)16/h1-7H,(H3,17,18)(H2,19,20,21). The third kappa shape index (κ3) is 3.75. The van der Waals surface area contributed by atoms with E-state index in [0.717, 1.165) is 12.1 Å². The summed E-state index contributed by atoms with van der Waals surface area (Å²) in [7, 11) is 0. The van der Waals surface area contributed by atoms with Crippen LogP contribution in [-0.4, -0.2) is 11.9 Å². The van der Waals surface area contributed by atoms with Gasteiger partial charge in [0.2, 0.25) is 0 Å². The first-order chi connectivity index (χ1) is 9.95. The number of urea groups is 1. The molecule has 2 amide bonds. The Bertz CT molecular complexity index is 703. The zero-order valence-corrected chi connectivity index (χ0v) is 10.8. The first-order valence-corrected chi connectivity index (χ1v) is 5.93. The smallest absolute Gasteiger partial charge is 0.323 e. The van der Waals surface area contributed by atoms with E-state index in [4.69, 9.17) is 11.1 Å². The molecule has 2 aromatic rings. The molecule has 0 aliphatic carbocycles. The van der Waals surface area contributed by atoms with Gasteiger partial charge < -0.3 is 16.4 Å². The minimum atomic E-state index is -0.725. The van der Waals surface area contributed by atoms with E-state index in [0.29, 0.717) is 0 Å². The molecule has 0 saturated carbocycles. The molecule has 5 N–H and O–H groups in total. The molecule has 2 aromatic carbocycles. The fourth-order valence-corrected chi connectivity index (χ4v) is 1.63. The second-order valence-electron chi connectivity index (χ2n) is 4.20. The Hall–Kier alpha value is -2.96. The number of rotatable bonds is 3. The summed E-state index contributed by atoms with van der Waals surface area (Å²) >= 11 is 0. The number of halogens is 2. The number of nitrogen functional groups attached to an aromatic ring is 1. The average molecular weight is 290 g/mol. The highest BCUT2D eigenvalue weighted by molar-refractivity contribution is 6.00. The summed E-state index contributed by atoms with van der Waals surface area (Å²) in [6, 6.07) is 8.33. The van der Waals surface area contributed by atoms with Crippen LogP contribution in [0.1, 0.15) is 5.56 Å². The molecule has 0 aliphatic rings. The molecular weight excluding hydrogens is 278 g/mol. The third-order valence-corrected chi connectivity index (χ3v) is 2.61. The van der Waals surface area contributed by atoms with E-state index < -0.39 is 17.7 Å². The number of nitrogens with one attached hydrogen (secondary N) is 3. The van der Waals surface area contributed by atoms with Crippen molar-refractivity contribution < 1.29 is 13.6 Å². The second kappa shape index (κ2) is 6.00. The summed E-state index contributed by atoms with van der Waals surface area (Å²) in [5, 5.41) is 11.8. The van der Waals surface area contributed by atoms with Crippen molar-refractivity contribution in [3.05, 3.63) is 59.7 Å². The molecule has 0 unspecified atom stereocenters. The Kier molecular flexibility index (Phi) is 4.13. The molecule has 0 heterocycles. The third-order valence-electron chi connectivity index (χ3n) is 2.61. The molecule has 108 valence electrons. The predicted molar refractivity (Wildman–Crippen MR) is 76.5 cm³/mol. The van der Waals surface area contributed by atoms with Crippen LogP contribution in [0.5, 0.6) is 0 Å². The van der Waals surface area contributed by atoms with Gasteiger partial charge in [0.25, 0.3) is 0 Å². The average Bonchev–Trinajstić information content (AvgIpc) is 2.40. The number of hydrogen-bond donors (Lipinski definition) is 4. The lowest BCUT2D eigenvalue weighted by Gasteiger charge is -2.09. The van der Waals surface area contributed by atoms with Crippen LogP contribution in [0.15, 0.2) is 42.5 Å². The lowest BCUT2D eigenvalue weighted by atomic mass is 10.2. The number of amides is 2.